The Morgan fingerprint density at radius 2 is 1.81 bits per heavy atom. The molecule has 0 heterocycles. The van der Waals surface area contributed by atoms with Crippen LogP contribution in [0.5, 0.6) is 5.75 Å². The first-order valence-corrected chi connectivity index (χ1v) is 12.0. The standard InChI is InChI=1S/C22H26ClN3O5S/c1-13(2)20(25-21(27)16-6-4-5-7-17(16)23)22(28)24-18-12-15(10-11-19(18)31-3)32(29,30)26-14-8-9-14/h4-7,10-14,20,26H,8-9H2,1-3H3,(H,24,28)(H,25,27). The van der Waals surface area contributed by atoms with Gasteiger partial charge in [-0.15, -0.1) is 0 Å². The predicted molar refractivity (Wildman–Crippen MR) is 123 cm³/mol. The van der Waals surface area contributed by atoms with Gasteiger partial charge < -0.3 is 15.4 Å². The molecule has 10 heteroatoms. The number of halogens is 1. The Balaban J connectivity index is 1.82. The molecule has 1 fully saturated rings. The van der Waals surface area contributed by atoms with Crippen molar-refractivity contribution in [1.82, 2.24) is 10.0 Å². The van der Waals surface area contributed by atoms with E-state index in [4.69, 9.17) is 16.3 Å². The predicted octanol–water partition coefficient (Wildman–Crippen LogP) is 3.18. The topological polar surface area (TPSA) is 114 Å². The zero-order valence-electron chi connectivity index (χ0n) is 18.0. The lowest BCUT2D eigenvalue weighted by molar-refractivity contribution is -0.118. The molecule has 0 radical (unpaired) electrons. The fourth-order valence-corrected chi connectivity index (χ4v) is 4.60. The lowest BCUT2D eigenvalue weighted by Crippen LogP contribution is -2.47. The van der Waals surface area contributed by atoms with Gasteiger partial charge in [-0.2, -0.15) is 0 Å². The maximum absolute atomic E-state index is 13.0. The first kappa shape index (κ1) is 24.0. The molecule has 2 aromatic rings. The summed E-state index contributed by atoms with van der Waals surface area (Å²) >= 11 is 6.09. The number of rotatable bonds is 9. The minimum absolute atomic E-state index is 0.0155. The molecule has 32 heavy (non-hydrogen) atoms. The number of benzene rings is 2. The first-order valence-electron chi connectivity index (χ1n) is 10.2. The van der Waals surface area contributed by atoms with Gasteiger partial charge in [0.2, 0.25) is 15.9 Å². The van der Waals surface area contributed by atoms with Crippen molar-refractivity contribution in [3.8, 4) is 5.75 Å². The van der Waals surface area contributed by atoms with E-state index in [0.717, 1.165) is 12.8 Å². The number of sulfonamides is 1. The Kier molecular flexibility index (Phi) is 7.43. The fraction of sp³-hybridized carbons (Fsp3) is 0.364. The molecule has 2 amide bonds. The van der Waals surface area contributed by atoms with Crippen molar-refractivity contribution in [2.24, 2.45) is 5.92 Å². The molecule has 0 bridgehead atoms. The molecule has 0 saturated heterocycles. The largest absolute Gasteiger partial charge is 0.495 e. The van der Waals surface area contributed by atoms with Crippen LogP contribution >= 0.6 is 11.6 Å². The maximum Gasteiger partial charge on any atom is 0.253 e. The van der Waals surface area contributed by atoms with Crippen LogP contribution in [0.2, 0.25) is 5.02 Å². The van der Waals surface area contributed by atoms with E-state index in [1.54, 1.807) is 38.1 Å². The maximum atomic E-state index is 13.0. The van der Waals surface area contributed by atoms with Gasteiger partial charge in [0, 0.05) is 6.04 Å². The summed E-state index contributed by atoms with van der Waals surface area (Å²) in [6.45, 7) is 3.57. The van der Waals surface area contributed by atoms with Gasteiger partial charge >= 0.3 is 0 Å². The molecule has 3 N–H and O–H groups in total. The first-order chi connectivity index (χ1) is 15.1. The molecule has 3 rings (SSSR count). The van der Waals surface area contributed by atoms with Crippen LogP contribution in [-0.2, 0) is 14.8 Å². The second-order valence-electron chi connectivity index (χ2n) is 7.92. The highest BCUT2D eigenvalue weighted by Gasteiger charge is 2.30. The number of anilines is 1. The van der Waals surface area contributed by atoms with Gasteiger partial charge in [-0.05, 0) is 49.1 Å². The van der Waals surface area contributed by atoms with Crippen molar-refractivity contribution in [1.29, 1.82) is 0 Å². The van der Waals surface area contributed by atoms with Crippen molar-refractivity contribution in [2.75, 3.05) is 12.4 Å². The summed E-state index contributed by atoms with van der Waals surface area (Å²) in [4.78, 5) is 25.7. The van der Waals surface area contributed by atoms with Gasteiger partial charge in [-0.3, -0.25) is 9.59 Å². The molecule has 2 aromatic carbocycles. The van der Waals surface area contributed by atoms with Crippen LogP contribution in [0.3, 0.4) is 0 Å². The summed E-state index contributed by atoms with van der Waals surface area (Å²) in [6, 6.07) is 9.83. The van der Waals surface area contributed by atoms with E-state index in [0.29, 0.717) is 5.75 Å². The van der Waals surface area contributed by atoms with E-state index in [1.807, 2.05) is 0 Å². The summed E-state index contributed by atoms with van der Waals surface area (Å²) in [5, 5.41) is 5.67. The number of carbonyl (C=O) groups excluding carboxylic acids is 2. The number of hydrogen-bond donors (Lipinski definition) is 3. The minimum atomic E-state index is -3.72. The molecule has 0 aromatic heterocycles. The Morgan fingerprint density at radius 3 is 2.41 bits per heavy atom. The van der Waals surface area contributed by atoms with Gasteiger partial charge in [0.25, 0.3) is 5.91 Å². The van der Waals surface area contributed by atoms with Crippen LogP contribution in [0.25, 0.3) is 0 Å². The number of carbonyl (C=O) groups is 2. The molecule has 172 valence electrons. The number of ether oxygens (including phenoxy) is 1. The lowest BCUT2D eigenvalue weighted by Gasteiger charge is -2.23. The van der Waals surface area contributed by atoms with Crippen LogP contribution < -0.4 is 20.1 Å². The summed E-state index contributed by atoms with van der Waals surface area (Å²) in [7, 11) is -2.30. The average Bonchev–Trinajstić information content (AvgIpc) is 3.55. The summed E-state index contributed by atoms with van der Waals surface area (Å²) in [6.07, 6.45) is 1.61. The zero-order chi connectivity index (χ0) is 23.5. The third-order valence-electron chi connectivity index (χ3n) is 4.99. The second kappa shape index (κ2) is 9.89. The van der Waals surface area contributed by atoms with E-state index < -0.39 is 27.9 Å². The molecular formula is C22H26ClN3O5S. The molecule has 0 spiro atoms. The molecule has 1 aliphatic rings. The summed E-state index contributed by atoms with van der Waals surface area (Å²) in [5.41, 5.74) is 0.443. The van der Waals surface area contributed by atoms with Crippen LogP contribution in [0, 0.1) is 5.92 Å². The highest BCUT2D eigenvalue weighted by atomic mass is 35.5. The minimum Gasteiger partial charge on any atom is -0.495 e. The number of hydrogen-bond acceptors (Lipinski definition) is 5. The van der Waals surface area contributed by atoms with Crippen molar-refractivity contribution in [3.05, 3.63) is 53.1 Å². The van der Waals surface area contributed by atoms with Crippen LogP contribution in [0.4, 0.5) is 5.69 Å². The van der Waals surface area contributed by atoms with Gasteiger partial charge in [0.15, 0.2) is 0 Å². The molecule has 1 unspecified atom stereocenters. The van der Waals surface area contributed by atoms with Crippen molar-refractivity contribution < 1.29 is 22.7 Å². The summed E-state index contributed by atoms with van der Waals surface area (Å²) < 4.78 is 33.0. The lowest BCUT2D eigenvalue weighted by atomic mass is 10.0. The molecule has 1 aliphatic carbocycles. The molecule has 1 atom stereocenters. The zero-order valence-corrected chi connectivity index (χ0v) is 19.6. The van der Waals surface area contributed by atoms with E-state index in [2.05, 4.69) is 15.4 Å². The summed E-state index contributed by atoms with van der Waals surface area (Å²) in [5.74, 6) is -0.954. The van der Waals surface area contributed by atoms with Gasteiger partial charge in [-0.1, -0.05) is 37.6 Å². The van der Waals surface area contributed by atoms with Crippen LogP contribution in [0.15, 0.2) is 47.4 Å². The van der Waals surface area contributed by atoms with E-state index in [9.17, 15) is 18.0 Å². The Hall–Kier alpha value is -2.62. The number of nitrogens with one attached hydrogen (secondary N) is 3. The van der Waals surface area contributed by atoms with E-state index in [-0.39, 0.29) is 33.1 Å². The van der Waals surface area contributed by atoms with Gasteiger partial charge in [0.1, 0.15) is 11.8 Å². The second-order valence-corrected chi connectivity index (χ2v) is 10.0. The molecule has 0 aliphatic heterocycles. The third kappa shape index (κ3) is 5.79. The normalized spacial score (nSPS) is 14.7. The van der Waals surface area contributed by atoms with Crippen LogP contribution in [0.1, 0.15) is 37.0 Å². The number of amides is 2. The van der Waals surface area contributed by atoms with E-state index >= 15 is 0 Å². The smallest absolute Gasteiger partial charge is 0.253 e. The highest BCUT2D eigenvalue weighted by Crippen LogP contribution is 2.29. The van der Waals surface area contributed by atoms with E-state index in [1.165, 1.54) is 25.3 Å². The van der Waals surface area contributed by atoms with Crippen molar-refractivity contribution in [3.63, 3.8) is 0 Å². The quantitative estimate of drug-likeness (QED) is 0.511. The van der Waals surface area contributed by atoms with Gasteiger partial charge in [0.05, 0.1) is 28.3 Å². The average molecular weight is 480 g/mol. The van der Waals surface area contributed by atoms with Gasteiger partial charge in [-0.25, -0.2) is 13.1 Å². The molecular weight excluding hydrogens is 454 g/mol. The monoisotopic (exact) mass is 479 g/mol. The van der Waals surface area contributed by atoms with Crippen LogP contribution in [-0.4, -0.2) is 39.4 Å². The Morgan fingerprint density at radius 1 is 1.12 bits per heavy atom. The molecule has 8 nitrogen and oxygen atoms in total. The Labute approximate surface area is 192 Å². The van der Waals surface area contributed by atoms with Crippen molar-refractivity contribution >= 4 is 39.1 Å². The Bertz CT molecular complexity index is 1120. The fourth-order valence-electron chi connectivity index (χ4n) is 3.05. The number of methoxy groups -OCH3 is 1. The third-order valence-corrected chi connectivity index (χ3v) is 6.84. The molecule has 1 saturated carbocycles. The van der Waals surface area contributed by atoms with Crippen molar-refractivity contribution in [2.45, 2.75) is 43.7 Å². The highest BCUT2D eigenvalue weighted by molar-refractivity contribution is 7.89. The SMILES string of the molecule is COc1ccc(S(=O)(=O)NC2CC2)cc1NC(=O)C(NC(=O)c1ccccc1Cl)C(C)C.